The molecule has 0 aliphatic rings. The SMILES string of the molecule is CCCCC/C=C\CCCCCCCC(=O)OCCCCCCCCCCCCCCCCCCCCCCCCCCCC(=O)NC(CO)C(O)/C=C/CCCCCCCCCC. The maximum absolute atomic E-state index is 12.4. The number of aliphatic hydroxyl groups excluding tert-OH is 2. The minimum atomic E-state index is -0.841. The van der Waals surface area contributed by atoms with E-state index in [1.807, 2.05) is 6.08 Å². The van der Waals surface area contributed by atoms with Gasteiger partial charge in [0.05, 0.1) is 25.4 Å². The highest BCUT2D eigenvalue weighted by molar-refractivity contribution is 5.76. The molecule has 0 saturated carbocycles. The van der Waals surface area contributed by atoms with Crippen LogP contribution in [0, 0.1) is 0 Å². The number of hydrogen-bond donors (Lipinski definition) is 3. The van der Waals surface area contributed by atoms with Crippen molar-refractivity contribution in [3.05, 3.63) is 24.3 Å². The van der Waals surface area contributed by atoms with E-state index in [2.05, 4.69) is 31.3 Å². The fraction of sp³-hybridized carbons (Fsp3) is 0.897. The molecule has 0 aliphatic carbocycles. The fourth-order valence-electron chi connectivity index (χ4n) is 8.81. The van der Waals surface area contributed by atoms with E-state index < -0.39 is 12.1 Å². The molecule has 0 heterocycles. The normalized spacial score (nSPS) is 12.8. The zero-order chi connectivity index (χ0) is 46.5. The van der Waals surface area contributed by atoms with Crippen LogP contribution in [-0.2, 0) is 14.3 Å². The molecule has 0 aromatic rings. The van der Waals surface area contributed by atoms with Crippen molar-refractivity contribution < 1.29 is 24.5 Å². The average Bonchev–Trinajstić information content (AvgIpc) is 3.29. The lowest BCUT2D eigenvalue weighted by Crippen LogP contribution is -2.45. The van der Waals surface area contributed by atoms with Crippen LogP contribution < -0.4 is 5.32 Å². The number of allylic oxidation sites excluding steroid dienone is 3. The lowest BCUT2D eigenvalue weighted by Gasteiger charge is -2.20. The van der Waals surface area contributed by atoms with Crippen molar-refractivity contribution in [3.8, 4) is 0 Å². The molecule has 0 aliphatic heterocycles. The van der Waals surface area contributed by atoms with Crippen LogP contribution in [0.25, 0.3) is 0 Å². The number of amides is 1. The number of esters is 1. The Morgan fingerprint density at radius 1 is 0.422 bits per heavy atom. The summed E-state index contributed by atoms with van der Waals surface area (Å²) in [6.45, 7) is 4.87. The van der Waals surface area contributed by atoms with Crippen LogP contribution in [0.15, 0.2) is 24.3 Å². The summed E-state index contributed by atoms with van der Waals surface area (Å²) < 4.78 is 5.46. The first-order valence-electron chi connectivity index (χ1n) is 28.6. The molecular weight excluding hydrogens is 791 g/mol. The first-order chi connectivity index (χ1) is 31.5. The van der Waals surface area contributed by atoms with Gasteiger partial charge in [-0.2, -0.15) is 0 Å². The van der Waals surface area contributed by atoms with Crippen LogP contribution in [-0.4, -0.2) is 47.4 Å². The molecule has 0 saturated heterocycles. The van der Waals surface area contributed by atoms with E-state index in [1.54, 1.807) is 6.08 Å². The molecule has 64 heavy (non-hydrogen) atoms. The summed E-state index contributed by atoms with van der Waals surface area (Å²) in [7, 11) is 0. The Bertz CT molecular complexity index is 997. The van der Waals surface area contributed by atoms with Crippen molar-refractivity contribution in [2.45, 2.75) is 321 Å². The predicted molar refractivity (Wildman–Crippen MR) is 278 cm³/mol. The van der Waals surface area contributed by atoms with Crippen LogP contribution in [0.1, 0.15) is 309 Å². The van der Waals surface area contributed by atoms with Crippen molar-refractivity contribution >= 4 is 11.9 Å². The van der Waals surface area contributed by atoms with Gasteiger partial charge in [0.1, 0.15) is 0 Å². The topological polar surface area (TPSA) is 95.9 Å². The summed E-state index contributed by atoms with van der Waals surface area (Å²) in [5.74, 6) is -0.0621. The van der Waals surface area contributed by atoms with Gasteiger partial charge in [0.15, 0.2) is 0 Å². The lowest BCUT2D eigenvalue weighted by atomic mass is 10.0. The molecule has 0 aromatic heterocycles. The second-order valence-electron chi connectivity index (χ2n) is 19.6. The van der Waals surface area contributed by atoms with E-state index in [9.17, 15) is 19.8 Å². The van der Waals surface area contributed by atoms with Gasteiger partial charge < -0.3 is 20.3 Å². The third kappa shape index (κ3) is 49.8. The van der Waals surface area contributed by atoms with Crippen LogP contribution >= 0.6 is 0 Å². The molecule has 0 rings (SSSR count). The molecule has 1 amide bonds. The summed E-state index contributed by atoms with van der Waals surface area (Å²) in [6.07, 6.45) is 65.0. The zero-order valence-corrected chi connectivity index (χ0v) is 43.0. The molecule has 2 unspecified atom stereocenters. The predicted octanol–water partition coefficient (Wildman–Crippen LogP) is 17.5. The Morgan fingerprint density at radius 3 is 1.14 bits per heavy atom. The van der Waals surface area contributed by atoms with Crippen molar-refractivity contribution in [3.63, 3.8) is 0 Å². The lowest BCUT2D eigenvalue weighted by molar-refractivity contribution is -0.143. The summed E-state index contributed by atoms with van der Waals surface area (Å²) >= 11 is 0. The molecule has 6 heteroatoms. The van der Waals surface area contributed by atoms with Crippen LogP contribution in [0.3, 0.4) is 0 Å². The van der Waals surface area contributed by atoms with Crippen LogP contribution in [0.4, 0.5) is 0 Å². The van der Waals surface area contributed by atoms with Crippen molar-refractivity contribution in [2.75, 3.05) is 13.2 Å². The van der Waals surface area contributed by atoms with Gasteiger partial charge in [-0.25, -0.2) is 0 Å². The standard InChI is InChI=1S/C58H111NO5/c1-3-5-7-9-11-13-15-32-36-40-44-48-52-58(63)64-53-49-45-41-37-33-30-28-26-24-22-20-18-16-17-19-21-23-25-27-29-31-35-39-43-47-51-57(62)59-55(54-60)56(61)50-46-42-38-34-14-12-10-8-6-4-2/h11,13,46,50,55-56,60-61H,3-10,12,14-45,47-49,51-54H2,1-2H3,(H,59,62)/b13-11-,50-46+. The summed E-state index contributed by atoms with van der Waals surface area (Å²) in [4.78, 5) is 24.4. The third-order valence-corrected chi connectivity index (χ3v) is 13.2. The highest BCUT2D eigenvalue weighted by Crippen LogP contribution is 2.17. The quantitative estimate of drug-likeness (QED) is 0.0321. The fourth-order valence-corrected chi connectivity index (χ4v) is 8.81. The number of ether oxygens (including phenoxy) is 1. The van der Waals surface area contributed by atoms with E-state index in [-0.39, 0.29) is 18.5 Å². The van der Waals surface area contributed by atoms with E-state index in [4.69, 9.17) is 4.74 Å². The number of unbranched alkanes of at least 4 members (excludes halogenated alkanes) is 40. The highest BCUT2D eigenvalue weighted by Gasteiger charge is 2.18. The number of carbonyl (C=O) groups excluding carboxylic acids is 2. The first-order valence-corrected chi connectivity index (χ1v) is 28.6. The van der Waals surface area contributed by atoms with E-state index >= 15 is 0 Å². The Morgan fingerprint density at radius 2 is 0.734 bits per heavy atom. The summed E-state index contributed by atoms with van der Waals surface area (Å²) in [6, 6.07) is -0.624. The molecule has 0 fully saturated rings. The van der Waals surface area contributed by atoms with Gasteiger partial charge in [0, 0.05) is 12.8 Å². The minimum absolute atomic E-state index is 0.00561. The molecule has 3 N–H and O–H groups in total. The van der Waals surface area contributed by atoms with Gasteiger partial charge in [0.2, 0.25) is 5.91 Å². The van der Waals surface area contributed by atoms with E-state index in [0.29, 0.717) is 19.4 Å². The van der Waals surface area contributed by atoms with E-state index in [1.165, 1.54) is 238 Å². The smallest absolute Gasteiger partial charge is 0.305 e. The Balaban J connectivity index is 3.35. The molecule has 0 aromatic carbocycles. The molecule has 6 nitrogen and oxygen atoms in total. The van der Waals surface area contributed by atoms with Gasteiger partial charge in [-0.3, -0.25) is 9.59 Å². The molecular formula is C58H111NO5. The largest absolute Gasteiger partial charge is 0.466 e. The average molecular weight is 903 g/mol. The van der Waals surface area contributed by atoms with Crippen molar-refractivity contribution in [2.24, 2.45) is 0 Å². The maximum atomic E-state index is 12.4. The van der Waals surface area contributed by atoms with E-state index in [0.717, 1.165) is 44.9 Å². The van der Waals surface area contributed by atoms with Crippen LogP contribution in [0.2, 0.25) is 0 Å². The second-order valence-corrected chi connectivity index (χ2v) is 19.6. The maximum Gasteiger partial charge on any atom is 0.305 e. The van der Waals surface area contributed by atoms with Gasteiger partial charge >= 0.3 is 5.97 Å². The van der Waals surface area contributed by atoms with Gasteiger partial charge in [0.25, 0.3) is 0 Å². The summed E-state index contributed by atoms with van der Waals surface area (Å²) in [5.41, 5.74) is 0. The highest BCUT2D eigenvalue weighted by atomic mass is 16.5. The van der Waals surface area contributed by atoms with Crippen molar-refractivity contribution in [1.29, 1.82) is 0 Å². The van der Waals surface area contributed by atoms with Crippen LogP contribution in [0.5, 0.6) is 0 Å². The molecule has 378 valence electrons. The third-order valence-electron chi connectivity index (χ3n) is 13.2. The zero-order valence-electron chi connectivity index (χ0n) is 43.0. The number of nitrogens with one attached hydrogen (secondary N) is 1. The minimum Gasteiger partial charge on any atom is -0.466 e. The van der Waals surface area contributed by atoms with Gasteiger partial charge in [-0.1, -0.05) is 263 Å². The second kappa shape index (κ2) is 54.0. The number of carbonyl (C=O) groups is 2. The molecule has 0 spiro atoms. The number of aliphatic hydroxyl groups is 2. The number of rotatable bonds is 53. The first kappa shape index (κ1) is 62.3. The summed E-state index contributed by atoms with van der Waals surface area (Å²) in [5, 5.41) is 23.0. The Kier molecular flexibility index (Phi) is 52.6. The van der Waals surface area contributed by atoms with Gasteiger partial charge in [-0.15, -0.1) is 0 Å². The van der Waals surface area contributed by atoms with Gasteiger partial charge in [-0.05, 0) is 57.8 Å². The molecule has 0 radical (unpaired) electrons. The molecule has 0 bridgehead atoms. The Hall–Kier alpha value is -1.66. The number of hydrogen-bond acceptors (Lipinski definition) is 5. The monoisotopic (exact) mass is 902 g/mol. The Labute approximate surface area is 399 Å². The van der Waals surface area contributed by atoms with Crippen molar-refractivity contribution in [1.82, 2.24) is 5.32 Å². The molecule has 2 atom stereocenters.